The van der Waals surface area contributed by atoms with E-state index in [4.69, 9.17) is 0 Å². The molecule has 1 aromatic heterocycles. The van der Waals surface area contributed by atoms with Crippen LogP contribution in [0.2, 0.25) is 0 Å². The minimum atomic E-state index is -3.37. The van der Waals surface area contributed by atoms with Gasteiger partial charge in [-0.1, -0.05) is 17.9 Å². The highest BCUT2D eigenvalue weighted by molar-refractivity contribution is 7.92. The van der Waals surface area contributed by atoms with Gasteiger partial charge in [0, 0.05) is 30.9 Å². The predicted octanol–water partition coefficient (Wildman–Crippen LogP) is 0.824. The number of rotatable bonds is 4. The topological polar surface area (TPSA) is 99.7 Å². The first-order valence-electron chi connectivity index (χ1n) is 8.43. The van der Waals surface area contributed by atoms with Crippen molar-refractivity contribution in [1.29, 1.82) is 0 Å². The molecule has 1 aromatic rings. The third-order valence-electron chi connectivity index (χ3n) is 4.57. The maximum Gasteiger partial charge on any atom is 0.245 e. The highest BCUT2D eigenvalue weighted by Gasteiger charge is 2.33. The molecule has 2 aliphatic rings. The van der Waals surface area contributed by atoms with Gasteiger partial charge in [-0.3, -0.25) is 14.3 Å². The number of hydrogen-bond acceptors (Lipinski definition) is 6. The predicted molar refractivity (Wildman–Crippen MR) is 99.2 cm³/mol. The minimum Gasteiger partial charge on any atom is -0.338 e. The molecule has 0 bridgehead atoms. The lowest BCUT2D eigenvalue weighted by Crippen LogP contribution is -2.47. The van der Waals surface area contributed by atoms with E-state index in [9.17, 15) is 18.0 Å². The first-order chi connectivity index (χ1) is 12.3. The van der Waals surface area contributed by atoms with Crippen molar-refractivity contribution in [2.75, 3.05) is 30.6 Å². The van der Waals surface area contributed by atoms with Crippen molar-refractivity contribution in [3.05, 3.63) is 23.2 Å². The zero-order valence-corrected chi connectivity index (χ0v) is 16.2. The van der Waals surface area contributed by atoms with Gasteiger partial charge in [0.2, 0.25) is 21.8 Å². The lowest BCUT2D eigenvalue weighted by atomic mass is 9.95. The summed E-state index contributed by atoms with van der Waals surface area (Å²) in [6.07, 6.45) is 4.55. The monoisotopic (exact) mass is 398 g/mol. The molecule has 1 atom stereocenters. The highest BCUT2D eigenvalue weighted by Crippen LogP contribution is 2.30. The average molecular weight is 399 g/mol. The van der Waals surface area contributed by atoms with Crippen LogP contribution in [-0.2, 0) is 32.6 Å². The van der Waals surface area contributed by atoms with Crippen LogP contribution in [0.1, 0.15) is 23.4 Å². The maximum atomic E-state index is 12.9. The Morgan fingerprint density at radius 1 is 1.35 bits per heavy atom. The molecule has 2 amide bonds. The van der Waals surface area contributed by atoms with Crippen molar-refractivity contribution >= 4 is 38.3 Å². The van der Waals surface area contributed by atoms with Crippen LogP contribution in [0.15, 0.2) is 12.7 Å². The first-order valence-corrected chi connectivity index (χ1v) is 11.1. The van der Waals surface area contributed by atoms with Crippen molar-refractivity contribution in [1.82, 2.24) is 14.8 Å². The number of carbonyl (C=O) groups is 2. The zero-order valence-electron chi connectivity index (χ0n) is 14.6. The summed E-state index contributed by atoms with van der Waals surface area (Å²) in [6.45, 7) is 5.58. The van der Waals surface area contributed by atoms with E-state index in [1.807, 2.05) is 0 Å². The molecule has 10 heteroatoms. The Labute approximate surface area is 156 Å². The summed E-state index contributed by atoms with van der Waals surface area (Å²) in [5.74, 6) is -0.290. The normalized spacial score (nSPS) is 20.4. The van der Waals surface area contributed by atoms with Gasteiger partial charge in [0.15, 0.2) is 5.13 Å². The van der Waals surface area contributed by atoms with Crippen LogP contribution in [0, 0.1) is 5.92 Å². The molecular formula is C16H22N4O4S2. The van der Waals surface area contributed by atoms with Gasteiger partial charge in [-0.15, -0.1) is 0 Å². The molecule has 0 spiro atoms. The van der Waals surface area contributed by atoms with Crippen molar-refractivity contribution < 1.29 is 18.0 Å². The Kier molecular flexibility index (Phi) is 5.33. The highest BCUT2D eigenvalue weighted by atomic mass is 32.2. The van der Waals surface area contributed by atoms with Crippen molar-refractivity contribution in [3.8, 4) is 0 Å². The lowest BCUT2D eigenvalue weighted by Gasteiger charge is -2.35. The van der Waals surface area contributed by atoms with Crippen LogP contribution in [0.4, 0.5) is 5.13 Å². The summed E-state index contributed by atoms with van der Waals surface area (Å²) in [6, 6.07) is 0. The molecular weight excluding hydrogens is 376 g/mol. The zero-order chi connectivity index (χ0) is 18.9. The van der Waals surface area contributed by atoms with E-state index >= 15 is 0 Å². The van der Waals surface area contributed by atoms with Crippen molar-refractivity contribution in [2.45, 2.75) is 25.8 Å². The third kappa shape index (κ3) is 4.24. The second-order valence-corrected chi connectivity index (χ2v) is 9.43. The van der Waals surface area contributed by atoms with E-state index in [-0.39, 0.29) is 17.7 Å². The van der Waals surface area contributed by atoms with Crippen LogP contribution < -0.4 is 4.72 Å². The van der Waals surface area contributed by atoms with E-state index in [0.29, 0.717) is 37.7 Å². The Bertz CT molecular complexity index is 833. The van der Waals surface area contributed by atoms with E-state index < -0.39 is 10.0 Å². The number of sulfonamides is 1. The second kappa shape index (κ2) is 7.36. The number of nitrogens with one attached hydrogen (secondary N) is 1. The molecule has 0 radical (unpaired) electrons. The Morgan fingerprint density at radius 3 is 2.81 bits per heavy atom. The number of hydrogen-bond donors (Lipinski definition) is 1. The lowest BCUT2D eigenvalue weighted by molar-refractivity contribution is -0.140. The molecule has 2 aliphatic heterocycles. The molecule has 0 saturated carbocycles. The van der Waals surface area contributed by atoms with E-state index in [1.54, 1.807) is 9.80 Å². The van der Waals surface area contributed by atoms with Crippen LogP contribution in [-0.4, -0.2) is 60.9 Å². The van der Waals surface area contributed by atoms with Gasteiger partial charge in [0.25, 0.3) is 0 Å². The summed E-state index contributed by atoms with van der Waals surface area (Å²) in [5, 5.41) is 0.340. The summed E-state index contributed by atoms with van der Waals surface area (Å²) >= 11 is 1.27. The fourth-order valence-corrected chi connectivity index (χ4v) is 5.21. The Balaban J connectivity index is 1.67. The summed E-state index contributed by atoms with van der Waals surface area (Å²) in [5.41, 5.74) is 0.845. The molecule has 26 heavy (non-hydrogen) atoms. The van der Waals surface area contributed by atoms with Gasteiger partial charge in [-0.05, 0) is 18.9 Å². The Morgan fingerprint density at radius 2 is 2.12 bits per heavy atom. The number of likely N-dealkylation sites (tertiary alicyclic amines) is 1. The molecule has 3 rings (SSSR count). The molecule has 142 valence electrons. The van der Waals surface area contributed by atoms with Crippen molar-refractivity contribution in [2.24, 2.45) is 5.92 Å². The summed E-state index contributed by atoms with van der Waals surface area (Å²) < 4.78 is 25.1. The number of anilines is 1. The number of fused-ring (bicyclic) bond motifs is 1. The molecule has 8 nitrogen and oxygen atoms in total. The molecule has 1 N–H and O–H groups in total. The smallest absolute Gasteiger partial charge is 0.245 e. The molecule has 1 saturated heterocycles. The summed E-state index contributed by atoms with van der Waals surface area (Å²) in [4.78, 5) is 33.4. The van der Waals surface area contributed by atoms with Crippen LogP contribution in [0.5, 0.6) is 0 Å². The van der Waals surface area contributed by atoms with Gasteiger partial charge < -0.3 is 9.80 Å². The molecule has 0 aromatic carbocycles. The number of nitrogens with zero attached hydrogens (tertiary/aromatic N) is 3. The third-order valence-corrected chi connectivity index (χ3v) is 6.26. The van der Waals surface area contributed by atoms with Gasteiger partial charge in [0.1, 0.15) is 0 Å². The Hall–Kier alpha value is -1.94. The SMILES string of the molecule is C=CC(=O)N1CCCC(C(=O)N2CCc3nc(NS(C)(=O)=O)sc3C2)C1. The fraction of sp³-hybridized carbons (Fsp3) is 0.562. The van der Waals surface area contributed by atoms with Crippen LogP contribution in [0.25, 0.3) is 0 Å². The van der Waals surface area contributed by atoms with Gasteiger partial charge >= 0.3 is 0 Å². The molecule has 3 heterocycles. The van der Waals surface area contributed by atoms with Crippen molar-refractivity contribution in [3.63, 3.8) is 0 Å². The molecule has 1 fully saturated rings. The van der Waals surface area contributed by atoms with Crippen LogP contribution >= 0.6 is 11.3 Å². The van der Waals surface area contributed by atoms with E-state index in [0.717, 1.165) is 29.7 Å². The number of thiazole rings is 1. The minimum absolute atomic E-state index is 0.0447. The van der Waals surface area contributed by atoms with Crippen LogP contribution in [0.3, 0.4) is 0 Å². The molecule has 0 aliphatic carbocycles. The number of amides is 2. The number of carbonyl (C=O) groups excluding carboxylic acids is 2. The standard InChI is InChI=1S/C16H22N4O4S2/c1-3-14(21)19-7-4-5-11(9-19)15(22)20-8-6-12-13(10-20)25-16(17-12)18-26(2,23)24/h3,11H,1,4-10H2,2H3,(H,17,18). The summed E-state index contributed by atoms with van der Waals surface area (Å²) in [7, 11) is -3.37. The van der Waals surface area contributed by atoms with Gasteiger partial charge in [-0.25, -0.2) is 13.4 Å². The second-order valence-electron chi connectivity index (χ2n) is 6.60. The first kappa shape index (κ1) is 18.8. The van der Waals surface area contributed by atoms with Gasteiger partial charge in [0.05, 0.1) is 24.4 Å². The largest absolute Gasteiger partial charge is 0.338 e. The van der Waals surface area contributed by atoms with Gasteiger partial charge in [-0.2, -0.15) is 0 Å². The van der Waals surface area contributed by atoms with E-state index in [2.05, 4.69) is 16.3 Å². The maximum absolute atomic E-state index is 12.9. The molecule has 1 unspecified atom stereocenters. The fourth-order valence-electron chi connectivity index (χ4n) is 3.35. The average Bonchev–Trinajstić information content (AvgIpc) is 2.99. The van der Waals surface area contributed by atoms with E-state index in [1.165, 1.54) is 17.4 Å². The number of piperidine rings is 1. The number of aromatic nitrogens is 1. The quantitative estimate of drug-likeness (QED) is 0.757.